The molecule has 0 N–H and O–H groups in total. The number of halogens is 3. The van der Waals surface area contributed by atoms with Crippen LogP contribution in [0.1, 0.15) is 12.6 Å². The molecule has 0 atom stereocenters. The third-order valence-electron chi connectivity index (χ3n) is 4.69. The first-order valence-electron chi connectivity index (χ1n) is 11.2. The number of hydrogen-bond donors (Lipinski definition) is 0. The Hall–Kier alpha value is -4.87. The molecule has 0 saturated carbocycles. The number of pyridine rings is 2. The van der Waals surface area contributed by atoms with E-state index >= 15 is 0 Å². The number of esters is 1. The molecule has 0 fully saturated rings. The van der Waals surface area contributed by atoms with E-state index in [1.54, 1.807) is 54.7 Å². The van der Waals surface area contributed by atoms with Crippen molar-refractivity contribution in [3.8, 4) is 23.0 Å². The molecule has 2 heterocycles. The summed E-state index contributed by atoms with van der Waals surface area (Å²) in [5.74, 6) is -3.44. The van der Waals surface area contributed by atoms with E-state index in [2.05, 4.69) is 40.3 Å². The monoisotopic (exact) mass is 592 g/mol. The van der Waals surface area contributed by atoms with Gasteiger partial charge in [-0.15, -0.1) is 0 Å². The van der Waals surface area contributed by atoms with Gasteiger partial charge in [-0.1, -0.05) is 24.3 Å². The quantitative estimate of drug-likeness (QED) is 0.122. The minimum Gasteiger partial charge on any atom is -0.461 e. The fourth-order valence-corrected chi connectivity index (χ4v) is 3.06. The zero-order valence-corrected chi connectivity index (χ0v) is 21.9. The number of rotatable bonds is 7. The highest BCUT2D eigenvalue weighted by Gasteiger charge is 2.44. The normalized spacial score (nSPS) is 10.2. The summed E-state index contributed by atoms with van der Waals surface area (Å²) in [6.45, 7) is 15.0. The SMILES string of the molecule is [C-]#[N+]c1ccc(Oc2ccc(Br)nc2)cc1.[C-]#[N+]c1ccc(Oc2ccc(C(F)(F)C(=O)OCC)nc2)cc1. The average molecular weight is 593 g/mol. The van der Waals surface area contributed by atoms with E-state index in [1.807, 2.05) is 12.1 Å². The lowest BCUT2D eigenvalue weighted by molar-refractivity contribution is -0.173. The molecule has 0 amide bonds. The largest absolute Gasteiger partial charge is 0.461 e. The molecule has 0 saturated heterocycles. The Balaban J connectivity index is 0.000000230. The smallest absolute Gasteiger partial charge is 0.384 e. The maximum Gasteiger partial charge on any atom is 0.384 e. The molecule has 196 valence electrons. The number of ether oxygens (including phenoxy) is 3. The molecule has 0 spiro atoms. The molecular formula is C28H19BrF2N4O4. The molecule has 4 rings (SSSR count). The summed E-state index contributed by atoms with van der Waals surface area (Å²) < 4.78 is 43.6. The Kier molecular flexibility index (Phi) is 10.0. The van der Waals surface area contributed by atoms with Crippen molar-refractivity contribution >= 4 is 33.3 Å². The summed E-state index contributed by atoms with van der Waals surface area (Å²) in [7, 11) is 0. The van der Waals surface area contributed by atoms with Gasteiger partial charge in [-0.25, -0.2) is 19.5 Å². The second-order valence-electron chi connectivity index (χ2n) is 7.41. The van der Waals surface area contributed by atoms with Crippen LogP contribution in [0.5, 0.6) is 23.0 Å². The summed E-state index contributed by atoms with van der Waals surface area (Å²) in [4.78, 5) is 25.4. The number of carbonyl (C=O) groups excluding carboxylic acids is 1. The van der Waals surface area contributed by atoms with Crippen molar-refractivity contribution in [2.45, 2.75) is 12.8 Å². The predicted octanol–water partition coefficient (Wildman–Crippen LogP) is 8.27. The van der Waals surface area contributed by atoms with Gasteiger partial charge in [-0.3, -0.25) is 4.98 Å². The maximum absolute atomic E-state index is 13.8. The van der Waals surface area contributed by atoms with E-state index < -0.39 is 17.6 Å². The van der Waals surface area contributed by atoms with Gasteiger partial charge in [-0.05, 0) is 71.4 Å². The number of alkyl halides is 2. The number of hydrogen-bond acceptors (Lipinski definition) is 6. The number of nitrogens with zero attached hydrogens (tertiary/aromatic N) is 4. The van der Waals surface area contributed by atoms with Gasteiger partial charge in [0.15, 0.2) is 11.4 Å². The van der Waals surface area contributed by atoms with Crippen molar-refractivity contribution in [2.75, 3.05) is 6.61 Å². The van der Waals surface area contributed by atoms with Gasteiger partial charge < -0.3 is 14.2 Å². The standard InChI is InChI=1S/C16H12F2N2O3.C12H7BrN2O/c1-3-22-15(21)16(17,18)14-9-8-13(10-20-14)23-12-6-4-11(19-2)5-7-12;1-14-9-2-4-10(5-3-9)16-11-6-7-12(13)15-8-11/h4-10H,3H2,1H3;2-8H. The molecule has 2 aromatic heterocycles. The molecule has 0 bridgehead atoms. The van der Waals surface area contributed by atoms with Crippen LogP contribution in [-0.4, -0.2) is 22.5 Å². The lowest BCUT2D eigenvalue weighted by atomic mass is 10.2. The van der Waals surface area contributed by atoms with Crippen molar-refractivity contribution in [1.82, 2.24) is 9.97 Å². The molecule has 0 aliphatic rings. The second kappa shape index (κ2) is 13.6. The minimum atomic E-state index is -3.81. The Morgan fingerprint density at radius 2 is 1.26 bits per heavy atom. The van der Waals surface area contributed by atoms with E-state index in [0.717, 1.165) is 16.9 Å². The Bertz CT molecular complexity index is 1470. The first-order chi connectivity index (χ1) is 18.7. The van der Waals surface area contributed by atoms with E-state index in [-0.39, 0.29) is 12.4 Å². The maximum atomic E-state index is 13.8. The van der Waals surface area contributed by atoms with Gasteiger partial charge in [0.05, 0.1) is 32.1 Å². The summed E-state index contributed by atoms with van der Waals surface area (Å²) in [6, 6.07) is 19.1. The summed E-state index contributed by atoms with van der Waals surface area (Å²) >= 11 is 3.25. The average Bonchev–Trinajstić information content (AvgIpc) is 2.96. The van der Waals surface area contributed by atoms with Crippen molar-refractivity contribution in [2.24, 2.45) is 0 Å². The third-order valence-corrected chi connectivity index (χ3v) is 5.16. The van der Waals surface area contributed by atoms with Crippen LogP contribution in [-0.2, 0) is 15.5 Å². The van der Waals surface area contributed by atoms with E-state index in [1.165, 1.54) is 13.0 Å². The molecule has 0 unspecified atom stereocenters. The van der Waals surface area contributed by atoms with E-state index in [9.17, 15) is 13.6 Å². The van der Waals surface area contributed by atoms with Gasteiger partial charge >= 0.3 is 11.9 Å². The first kappa shape index (κ1) is 28.7. The number of aromatic nitrogens is 2. The fourth-order valence-electron chi connectivity index (χ4n) is 2.82. The highest BCUT2D eigenvalue weighted by Crippen LogP contribution is 2.30. The van der Waals surface area contributed by atoms with Gasteiger partial charge in [0.2, 0.25) is 0 Å². The first-order valence-corrected chi connectivity index (χ1v) is 12.0. The lowest BCUT2D eigenvalue weighted by Crippen LogP contribution is -2.29. The van der Waals surface area contributed by atoms with Crippen molar-refractivity contribution in [1.29, 1.82) is 0 Å². The molecule has 2 aromatic carbocycles. The van der Waals surface area contributed by atoms with Crippen LogP contribution in [0, 0.1) is 13.1 Å². The van der Waals surface area contributed by atoms with Crippen LogP contribution in [0.2, 0.25) is 0 Å². The van der Waals surface area contributed by atoms with Gasteiger partial charge in [0.25, 0.3) is 0 Å². The van der Waals surface area contributed by atoms with Crippen molar-refractivity contribution < 1.29 is 27.8 Å². The van der Waals surface area contributed by atoms with E-state index in [0.29, 0.717) is 28.6 Å². The van der Waals surface area contributed by atoms with Gasteiger partial charge in [-0.2, -0.15) is 8.78 Å². The highest BCUT2D eigenvalue weighted by molar-refractivity contribution is 9.10. The zero-order valence-electron chi connectivity index (χ0n) is 20.3. The van der Waals surface area contributed by atoms with Gasteiger partial charge in [0.1, 0.15) is 33.3 Å². The molecular weight excluding hydrogens is 574 g/mol. The van der Waals surface area contributed by atoms with Crippen LogP contribution in [0.3, 0.4) is 0 Å². The third kappa shape index (κ3) is 8.32. The van der Waals surface area contributed by atoms with Crippen LogP contribution < -0.4 is 9.47 Å². The van der Waals surface area contributed by atoms with Crippen LogP contribution in [0.15, 0.2) is 89.8 Å². The van der Waals surface area contributed by atoms with Crippen LogP contribution >= 0.6 is 15.9 Å². The fraction of sp³-hybridized carbons (Fsp3) is 0.107. The zero-order chi connectivity index (χ0) is 28.3. The van der Waals surface area contributed by atoms with Crippen molar-refractivity contribution in [3.05, 3.63) is 118 Å². The van der Waals surface area contributed by atoms with Crippen molar-refractivity contribution in [3.63, 3.8) is 0 Å². The Labute approximate surface area is 231 Å². The highest BCUT2D eigenvalue weighted by atomic mass is 79.9. The molecule has 8 nitrogen and oxygen atoms in total. The van der Waals surface area contributed by atoms with E-state index in [4.69, 9.17) is 22.6 Å². The molecule has 11 heteroatoms. The Morgan fingerprint density at radius 3 is 1.64 bits per heavy atom. The van der Waals surface area contributed by atoms with Crippen LogP contribution in [0.4, 0.5) is 20.2 Å². The second-order valence-corrected chi connectivity index (χ2v) is 8.22. The number of benzene rings is 2. The molecule has 0 aliphatic heterocycles. The summed E-state index contributed by atoms with van der Waals surface area (Å²) in [5.41, 5.74) is 0.341. The lowest BCUT2D eigenvalue weighted by Gasteiger charge is -2.14. The summed E-state index contributed by atoms with van der Waals surface area (Å²) in [5, 5.41) is 0. The summed E-state index contributed by atoms with van der Waals surface area (Å²) in [6.07, 6.45) is 2.72. The Morgan fingerprint density at radius 1 is 0.795 bits per heavy atom. The minimum absolute atomic E-state index is 0.143. The molecule has 4 aromatic rings. The predicted molar refractivity (Wildman–Crippen MR) is 142 cm³/mol. The molecule has 0 aliphatic carbocycles. The van der Waals surface area contributed by atoms with Gasteiger partial charge in [0, 0.05) is 0 Å². The molecule has 0 radical (unpaired) electrons. The number of carbonyl (C=O) groups is 1. The molecule has 39 heavy (non-hydrogen) atoms. The topological polar surface area (TPSA) is 79.3 Å². The van der Waals surface area contributed by atoms with Crippen LogP contribution in [0.25, 0.3) is 9.69 Å².